The molecule has 6 rings (SSSR count). The first kappa shape index (κ1) is 19.9. The quantitative estimate of drug-likeness (QED) is 0.503. The van der Waals surface area contributed by atoms with Crippen molar-refractivity contribution in [1.29, 1.82) is 0 Å². The van der Waals surface area contributed by atoms with E-state index >= 15 is 0 Å². The number of ether oxygens (including phenoxy) is 1. The van der Waals surface area contributed by atoms with Crippen molar-refractivity contribution < 1.29 is 14.4 Å². The molecule has 1 saturated heterocycles. The lowest BCUT2D eigenvalue weighted by Gasteiger charge is -2.16. The van der Waals surface area contributed by atoms with Crippen molar-refractivity contribution in [1.82, 2.24) is 24.1 Å². The average Bonchev–Trinajstić information content (AvgIpc) is 3.57. The largest absolute Gasteiger partial charge is 0.380 e. The van der Waals surface area contributed by atoms with Crippen molar-refractivity contribution >= 4 is 28.2 Å². The number of nitrogens with zero attached hydrogens (tertiary/aromatic N) is 5. The third-order valence-corrected chi connectivity index (χ3v) is 6.81. The van der Waals surface area contributed by atoms with E-state index in [-0.39, 0.29) is 23.4 Å². The highest BCUT2D eigenvalue weighted by Gasteiger charge is 2.39. The van der Waals surface area contributed by atoms with Crippen molar-refractivity contribution in [2.24, 2.45) is 0 Å². The molecule has 9 nitrogen and oxygen atoms in total. The molecule has 2 fully saturated rings. The second kappa shape index (κ2) is 7.40. The standard InChI is InChI=1S/C22H22ClN5O4/c23-13-5-6-15-16(10-13)27(11-14-4-3-9-31-14)20(29)18-17(24-12-28(15)18)19-25-21(32-26-19)22(30)7-1-2-8-22/h5-6,10,12,14,30H,1-4,7-9,11H2. The Morgan fingerprint density at radius 2 is 2.06 bits per heavy atom. The van der Waals surface area contributed by atoms with Crippen LogP contribution in [0.25, 0.3) is 28.1 Å². The Hall–Kier alpha value is -2.75. The molecule has 0 amide bonds. The van der Waals surface area contributed by atoms with E-state index in [0.29, 0.717) is 47.7 Å². The Labute approximate surface area is 187 Å². The molecule has 0 spiro atoms. The number of benzene rings is 1. The minimum Gasteiger partial charge on any atom is -0.380 e. The molecule has 1 aliphatic carbocycles. The van der Waals surface area contributed by atoms with Gasteiger partial charge in [-0.1, -0.05) is 16.8 Å². The van der Waals surface area contributed by atoms with Crippen LogP contribution in [0.15, 0.2) is 33.8 Å². The minimum absolute atomic E-state index is 0.0305. The smallest absolute Gasteiger partial charge is 0.277 e. The lowest BCUT2D eigenvalue weighted by atomic mass is 10.0. The Morgan fingerprint density at radius 1 is 1.22 bits per heavy atom. The van der Waals surface area contributed by atoms with Crippen LogP contribution in [0.4, 0.5) is 0 Å². The van der Waals surface area contributed by atoms with Crippen LogP contribution in [0.5, 0.6) is 0 Å². The van der Waals surface area contributed by atoms with Crippen molar-refractivity contribution in [3.05, 3.63) is 45.8 Å². The zero-order valence-electron chi connectivity index (χ0n) is 17.3. The summed E-state index contributed by atoms with van der Waals surface area (Å²) in [6.07, 6.45) is 6.41. The summed E-state index contributed by atoms with van der Waals surface area (Å²) in [5.74, 6) is 0.371. The monoisotopic (exact) mass is 455 g/mol. The molecule has 10 heteroatoms. The SMILES string of the molecule is O=c1c2c(-c3noc(C4(O)CCCC4)n3)ncn2c2ccc(Cl)cc2n1CC1CCCO1. The predicted molar refractivity (Wildman–Crippen MR) is 117 cm³/mol. The highest BCUT2D eigenvalue weighted by Crippen LogP contribution is 2.38. The number of fused-ring (bicyclic) bond motifs is 3. The molecular formula is C22H22ClN5O4. The average molecular weight is 456 g/mol. The van der Waals surface area contributed by atoms with Gasteiger partial charge in [-0.3, -0.25) is 9.20 Å². The maximum atomic E-state index is 13.7. The molecule has 1 unspecified atom stereocenters. The summed E-state index contributed by atoms with van der Waals surface area (Å²) in [5.41, 5.74) is 0.841. The first-order valence-electron chi connectivity index (χ1n) is 10.9. The van der Waals surface area contributed by atoms with E-state index in [1.54, 1.807) is 27.4 Å². The van der Waals surface area contributed by atoms with Crippen molar-refractivity contribution in [2.75, 3.05) is 6.61 Å². The summed E-state index contributed by atoms with van der Waals surface area (Å²) in [7, 11) is 0. The van der Waals surface area contributed by atoms with Crippen LogP contribution in [0.2, 0.25) is 5.02 Å². The van der Waals surface area contributed by atoms with Crippen LogP contribution >= 0.6 is 11.6 Å². The number of halogens is 1. The Bertz CT molecular complexity index is 1380. The highest BCUT2D eigenvalue weighted by atomic mass is 35.5. The van der Waals surface area contributed by atoms with Gasteiger partial charge < -0.3 is 18.9 Å². The summed E-state index contributed by atoms with van der Waals surface area (Å²) >= 11 is 6.26. The maximum Gasteiger partial charge on any atom is 0.277 e. The Balaban J connectivity index is 1.54. The van der Waals surface area contributed by atoms with Gasteiger partial charge in [0, 0.05) is 11.6 Å². The lowest BCUT2D eigenvalue weighted by molar-refractivity contribution is 0.0112. The number of hydrogen-bond donors (Lipinski definition) is 1. The third kappa shape index (κ3) is 3.07. The van der Waals surface area contributed by atoms with Crippen LogP contribution in [0, 0.1) is 0 Å². The van der Waals surface area contributed by atoms with E-state index < -0.39 is 5.60 Å². The number of hydrogen-bond acceptors (Lipinski definition) is 7. The van der Waals surface area contributed by atoms with Gasteiger partial charge in [0.25, 0.3) is 11.4 Å². The van der Waals surface area contributed by atoms with E-state index in [0.717, 1.165) is 31.2 Å². The number of imidazole rings is 1. The Kier molecular flexibility index (Phi) is 4.60. The lowest BCUT2D eigenvalue weighted by Crippen LogP contribution is -2.28. The number of rotatable bonds is 4. The van der Waals surface area contributed by atoms with Gasteiger partial charge in [-0.15, -0.1) is 0 Å². The molecular weight excluding hydrogens is 434 g/mol. The summed E-state index contributed by atoms with van der Waals surface area (Å²) in [6, 6.07) is 5.44. The van der Waals surface area contributed by atoms with Gasteiger partial charge in [0.15, 0.2) is 0 Å². The number of aromatic nitrogens is 5. The molecule has 0 bridgehead atoms. The van der Waals surface area contributed by atoms with Gasteiger partial charge in [0.05, 0.1) is 23.7 Å². The summed E-state index contributed by atoms with van der Waals surface area (Å²) in [5, 5.41) is 15.4. The zero-order chi connectivity index (χ0) is 21.9. The van der Waals surface area contributed by atoms with Gasteiger partial charge in [0.2, 0.25) is 5.82 Å². The maximum absolute atomic E-state index is 13.7. The second-order valence-electron chi connectivity index (χ2n) is 8.66. The van der Waals surface area contributed by atoms with Gasteiger partial charge >= 0.3 is 0 Å². The van der Waals surface area contributed by atoms with Gasteiger partial charge in [-0.05, 0) is 56.7 Å². The normalized spacial score (nSPS) is 20.6. The zero-order valence-corrected chi connectivity index (χ0v) is 18.1. The van der Waals surface area contributed by atoms with Crippen molar-refractivity contribution in [3.63, 3.8) is 0 Å². The molecule has 1 N–H and O–H groups in total. The molecule has 3 aromatic heterocycles. The number of aliphatic hydroxyl groups is 1. The van der Waals surface area contributed by atoms with E-state index in [9.17, 15) is 9.90 Å². The fourth-order valence-corrected chi connectivity index (χ4v) is 5.07. The molecule has 1 aromatic carbocycles. The first-order valence-corrected chi connectivity index (χ1v) is 11.3. The summed E-state index contributed by atoms with van der Waals surface area (Å²) < 4.78 is 14.6. The van der Waals surface area contributed by atoms with Gasteiger partial charge in [-0.2, -0.15) is 4.98 Å². The highest BCUT2D eigenvalue weighted by molar-refractivity contribution is 6.31. The molecule has 166 valence electrons. The van der Waals surface area contributed by atoms with Crippen LogP contribution in [0.1, 0.15) is 44.4 Å². The van der Waals surface area contributed by atoms with E-state index in [4.69, 9.17) is 20.9 Å². The molecule has 1 saturated carbocycles. The van der Waals surface area contributed by atoms with Crippen LogP contribution < -0.4 is 5.56 Å². The topological polar surface area (TPSA) is 108 Å². The second-order valence-corrected chi connectivity index (χ2v) is 9.09. The minimum atomic E-state index is -1.11. The molecule has 32 heavy (non-hydrogen) atoms. The molecule has 4 heterocycles. The van der Waals surface area contributed by atoms with Crippen LogP contribution in [-0.2, 0) is 16.9 Å². The third-order valence-electron chi connectivity index (χ3n) is 6.58. The van der Waals surface area contributed by atoms with E-state index in [1.165, 1.54) is 0 Å². The molecule has 4 aromatic rings. The molecule has 1 atom stereocenters. The fraction of sp³-hybridized carbons (Fsp3) is 0.455. The van der Waals surface area contributed by atoms with Gasteiger partial charge in [-0.25, -0.2) is 4.98 Å². The van der Waals surface area contributed by atoms with Crippen LogP contribution in [0.3, 0.4) is 0 Å². The van der Waals surface area contributed by atoms with Crippen molar-refractivity contribution in [3.8, 4) is 11.5 Å². The summed E-state index contributed by atoms with van der Waals surface area (Å²) in [4.78, 5) is 22.6. The van der Waals surface area contributed by atoms with Crippen LogP contribution in [-0.4, -0.2) is 41.9 Å². The van der Waals surface area contributed by atoms with Gasteiger partial charge in [0.1, 0.15) is 23.1 Å². The molecule has 0 radical (unpaired) electrons. The van der Waals surface area contributed by atoms with E-state index in [2.05, 4.69) is 15.1 Å². The predicted octanol–water partition coefficient (Wildman–Crippen LogP) is 3.29. The van der Waals surface area contributed by atoms with E-state index in [1.807, 2.05) is 6.07 Å². The first-order chi connectivity index (χ1) is 15.5. The summed E-state index contributed by atoms with van der Waals surface area (Å²) in [6.45, 7) is 1.13. The molecule has 2 aliphatic rings. The fourth-order valence-electron chi connectivity index (χ4n) is 4.91. The Morgan fingerprint density at radius 3 is 2.84 bits per heavy atom. The molecule has 1 aliphatic heterocycles. The van der Waals surface area contributed by atoms with Crippen molar-refractivity contribution in [2.45, 2.75) is 56.8 Å².